The maximum Gasteiger partial charge on any atom is 0.409 e. The molecule has 0 aliphatic carbocycles. The van der Waals surface area contributed by atoms with E-state index in [4.69, 9.17) is 4.74 Å². The molecular formula is C16H23N5O3. The van der Waals surface area contributed by atoms with Gasteiger partial charge in [0.05, 0.1) is 6.61 Å². The number of ether oxygens (including phenoxy) is 1. The van der Waals surface area contributed by atoms with E-state index in [9.17, 15) is 9.59 Å². The lowest BCUT2D eigenvalue weighted by atomic mass is 10.3. The standard InChI is InChI=1S/C16H23N5O3/c1-4-6-17-15(22)13-11-14(19-12(3)18-13)20-7-9-21(10-8-20)16(23)24-5-2/h4,11H,1,5-10H2,2-3H3,(H,17,22). The van der Waals surface area contributed by atoms with E-state index in [1.165, 1.54) is 0 Å². The molecule has 0 bridgehead atoms. The minimum absolute atomic E-state index is 0.258. The molecule has 1 aliphatic rings. The van der Waals surface area contributed by atoms with Crippen LogP contribution in [-0.2, 0) is 4.74 Å². The number of nitrogens with one attached hydrogen (secondary N) is 1. The SMILES string of the molecule is C=CCNC(=O)c1cc(N2CCN(C(=O)OCC)CC2)nc(C)n1. The third-order valence-electron chi connectivity index (χ3n) is 3.59. The van der Waals surface area contributed by atoms with Gasteiger partial charge in [-0.1, -0.05) is 6.08 Å². The van der Waals surface area contributed by atoms with Gasteiger partial charge in [-0.2, -0.15) is 0 Å². The molecule has 1 aromatic heterocycles. The van der Waals surface area contributed by atoms with Crippen molar-refractivity contribution in [2.45, 2.75) is 13.8 Å². The Bertz CT molecular complexity index is 612. The first-order chi connectivity index (χ1) is 11.5. The van der Waals surface area contributed by atoms with Crippen LogP contribution < -0.4 is 10.2 Å². The van der Waals surface area contributed by atoms with Crippen molar-refractivity contribution < 1.29 is 14.3 Å². The molecule has 2 heterocycles. The normalized spacial score (nSPS) is 14.2. The van der Waals surface area contributed by atoms with Crippen LogP contribution >= 0.6 is 0 Å². The van der Waals surface area contributed by atoms with Crippen molar-refractivity contribution in [1.82, 2.24) is 20.2 Å². The van der Waals surface area contributed by atoms with Crippen LogP contribution in [0.25, 0.3) is 0 Å². The minimum Gasteiger partial charge on any atom is -0.450 e. The van der Waals surface area contributed by atoms with E-state index in [-0.39, 0.29) is 12.0 Å². The molecule has 1 aliphatic heterocycles. The molecule has 1 aromatic rings. The Kier molecular flexibility index (Phi) is 6.11. The van der Waals surface area contributed by atoms with Gasteiger partial charge in [0.1, 0.15) is 17.3 Å². The summed E-state index contributed by atoms with van der Waals surface area (Å²) in [5.74, 6) is 0.964. The summed E-state index contributed by atoms with van der Waals surface area (Å²) in [4.78, 5) is 36.1. The summed E-state index contributed by atoms with van der Waals surface area (Å²) in [6.07, 6.45) is 1.32. The van der Waals surface area contributed by atoms with Gasteiger partial charge in [0.15, 0.2) is 0 Å². The Morgan fingerprint density at radius 3 is 2.67 bits per heavy atom. The number of aryl methyl sites for hydroxylation is 1. The third kappa shape index (κ3) is 4.43. The molecule has 2 amide bonds. The molecule has 0 spiro atoms. The molecule has 8 heteroatoms. The fourth-order valence-electron chi connectivity index (χ4n) is 2.42. The third-order valence-corrected chi connectivity index (χ3v) is 3.59. The molecule has 130 valence electrons. The second kappa shape index (κ2) is 8.28. The van der Waals surface area contributed by atoms with Crippen LogP contribution in [-0.4, -0.2) is 66.2 Å². The van der Waals surface area contributed by atoms with Crippen LogP contribution in [0.4, 0.5) is 10.6 Å². The fourth-order valence-corrected chi connectivity index (χ4v) is 2.42. The van der Waals surface area contributed by atoms with E-state index < -0.39 is 0 Å². The van der Waals surface area contributed by atoms with E-state index in [1.807, 2.05) is 4.90 Å². The van der Waals surface area contributed by atoms with Crippen LogP contribution in [0.2, 0.25) is 0 Å². The highest BCUT2D eigenvalue weighted by molar-refractivity contribution is 5.93. The lowest BCUT2D eigenvalue weighted by Gasteiger charge is -2.34. The van der Waals surface area contributed by atoms with Crippen molar-refractivity contribution in [3.05, 3.63) is 30.2 Å². The topological polar surface area (TPSA) is 87.7 Å². The van der Waals surface area contributed by atoms with Crippen molar-refractivity contribution in [2.75, 3.05) is 44.2 Å². The highest BCUT2D eigenvalue weighted by atomic mass is 16.6. The van der Waals surface area contributed by atoms with Gasteiger partial charge in [-0.05, 0) is 13.8 Å². The molecule has 1 saturated heterocycles. The smallest absolute Gasteiger partial charge is 0.409 e. The van der Waals surface area contributed by atoms with Gasteiger partial charge < -0.3 is 19.9 Å². The van der Waals surface area contributed by atoms with Crippen molar-refractivity contribution in [1.29, 1.82) is 0 Å². The first-order valence-corrected chi connectivity index (χ1v) is 7.96. The first kappa shape index (κ1) is 17.7. The fraction of sp³-hybridized carbons (Fsp3) is 0.500. The summed E-state index contributed by atoms with van der Waals surface area (Å²) in [5.41, 5.74) is 0.326. The Morgan fingerprint density at radius 2 is 2.04 bits per heavy atom. The second-order valence-electron chi connectivity index (χ2n) is 5.33. The highest BCUT2D eigenvalue weighted by Crippen LogP contribution is 2.16. The zero-order valence-electron chi connectivity index (χ0n) is 14.1. The van der Waals surface area contributed by atoms with Crippen LogP contribution in [0.15, 0.2) is 18.7 Å². The molecule has 24 heavy (non-hydrogen) atoms. The van der Waals surface area contributed by atoms with Crippen LogP contribution in [0.3, 0.4) is 0 Å². The van der Waals surface area contributed by atoms with E-state index in [0.29, 0.717) is 56.7 Å². The molecule has 2 rings (SSSR count). The predicted octanol–water partition coefficient (Wildman–Crippen LogP) is 0.979. The van der Waals surface area contributed by atoms with Crippen LogP contribution in [0.5, 0.6) is 0 Å². The summed E-state index contributed by atoms with van der Waals surface area (Å²) in [7, 11) is 0. The largest absolute Gasteiger partial charge is 0.450 e. The van der Waals surface area contributed by atoms with Crippen molar-refractivity contribution in [3.63, 3.8) is 0 Å². The summed E-state index contributed by atoms with van der Waals surface area (Å²) >= 11 is 0. The Balaban J connectivity index is 2.05. The highest BCUT2D eigenvalue weighted by Gasteiger charge is 2.23. The van der Waals surface area contributed by atoms with Gasteiger partial charge in [0.25, 0.3) is 5.91 Å². The molecule has 8 nitrogen and oxygen atoms in total. The maximum atomic E-state index is 12.1. The number of carbonyl (C=O) groups is 2. The van der Waals surface area contributed by atoms with Crippen LogP contribution in [0, 0.1) is 6.92 Å². The molecular weight excluding hydrogens is 310 g/mol. The second-order valence-corrected chi connectivity index (χ2v) is 5.33. The zero-order valence-corrected chi connectivity index (χ0v) is 14.1. The summed E-state index contributed by atoms with van der Waals surface area (Å²) in [6.45, 7) is 10.2. The van der Waals surface area contributed by atoms with Crippen molar-refractivity contribution in [2.24, 2.45) is 0 Å². The number of hydrogen-bond donors (Lipinski definition) is 1. The monoisotopic (exact) mass is 333 g/mol. The van der Waals surface area contributed by atoms with Gasteiger partial charge in [-0.3, -0.25) is 4.79 Å². The van der Waals surface area contributed by atoms with Crippen molar-refractivity contribution >= 4 is 17.8 Å². The maximum absolute atomic E-state index is 12.1. The quantitative estimate of drug-likeness (QED) is 0.808. The number of rotatable bonds is 5. The van der Waals surface area contributed by atoms with Crippen molar-refractivity contribution in [3.8, 4) is 0 Å². The number of amides is 2. The Morgan fingerprint density at radius 1 is 1.33 bits per heavy atom. The van der Waals surface area contributed by atoms with E-state index >= 15 is 0 Å². The average molecular weight is 333 g/mol. The summed E-state index contributed by atoms with van der Waals surface area (Å²) < 4.78 is 5.01. The molecule has 0 saturated carbocycles. The summed E-state index contributed by atoms with van der Waals surface area (Å²) in [6, 6.07) is 1.67. The molecule has 1 fully saturated rings. The Hall–Kier alpha value is -2.64. The first-order valence-electron chi connectivity index (χ1n) is 7.96. The van der Waals surface area contributed by atoms with Gasteiger partial charge >= 0.3 is 6.09 Å². The number of aromatic nitrogens is 2. The number of nitrogens with zero attached hydrogens (tertiary/aromatic N) is 4. The molecule has 0 aromatic carbocycles. The average Bonchev–Trinajstić information content (AvgIpc) is 2.59. The van der Waals surface area contributed by atoms with Gasteiger partial charge in [0.2, 0.25) is 0 Å². The lowest BCUT2D eigenvalue weighted by Crippen LogP contribution is -2.49. The van der Waals surface area contributed by atoms with Gasteiger partial charge in [-0.15, -0.1) is 6.58 Å². The van der Waals surface area contributed by atoms with Crippen LogP contribution in [0.1, 0.15) is 23.2 Å². The summed E-state index contributed by atoms with van der Waals surface area (Å²) in [5, 5.41) is 2.71. The van der Waals surface area contributed by atoms with E-state index in [1.54, 1.807) is 30.9 Å². The molecule has 0 unspecified atom stereocenters. The van der Waals surface area contributed by atoms with Gasteiger partial charge in [0, 0.05) is 38.8 Å². The zero-order chi connectivity index (χ0) is 17.5. The molecule has 0 radical (unpaired) electrons. The number of carbonyl (C=O) groups excluding carboxylic acids is 2. The molecule has 1 N–H and O–H groups in total. The minimum atomic E-state index is -0.291. The Labute approximate surface area is 141 Å². The number of piperazine rings is 1. The lowest BCUT2D eigenvalue weighted by molar-refractivity contribution is 0.0952. The van der Waals surface area contributed by atoms with Gasteiger partial charge in [-0.25, -0.2) is 14.8 Å². The van der Waals surface area contributed by atoms with E-state index in [0.717, 1.165) is 0 Å². The molecule has 0 atom stereocenters. The predicted molar refractivity (Wildman–Crippen MR) is 90.1 cm³/mol. The number of anilines is 1. The van der Waals surface area contributed by atoms with E-state index in [2.05, 4.69) is 21.9 Å². The number of hydrogen-bond acceptors (Lipinski definition) is 6.